The number of carbonyl (C=O) groups is 1. The Kier molecular flexibility index (Phi) is 6.84. The zero-order valence-corrected chi connectivity index (χ0v) is 24.4. The maximum atomic E-state index is 13.6. The molecule has 12 unspecified atom stereocenters. The second-order valence-electron chi connectivity index (χ2n) is 13.1. The molecule has 0 amide bonds. The molecule has 4 N–H and O–H groups in total. The van der Waals surface area contributed by atoms with Gasteiger partial charge in [-0.2, -0.15) is 0 Å². The van der Waals surface area contributed by atoms with E-state index in [9.17, 15) is 15.0 Å². The van der Waals surface area contributed by atoms with Crippen molar-refractivity contribution < 1.29 is 34.0 Å². The minimum Gasteiger partial charge on any atom is -0.454 e. The lowest BCUT2D eigenvalue weighted by Crippen LogP contribution is -2.83. The van der Waals surface area contributed by atoms with Crippen LogP contribution in [0.2, 0.25) is 0 Å². The topological polar surface area (TPSA) is 124 Å². The molecular weight excluding hydrogens is 512 g/mol. The summed E-state index contributed by atoms with van der Waals surface area (Å²) in [6.45, 7) is 5.27. The number of ether oxygens (including phenoxy) is 4. The first kappa shape index (κ1) is 28.4. The molecule has 5 saturated carbocycles. The van der Waals surface area contributed by atoms with Gasteiger partial charge in [-0.3, -0.25) is 4.90 Å². The second-order valence-corrected chi connectivity index (χ2v) is 13.1. The third-order valence-electron chi connectivity index (χ3n) is 12.2. The standard InChI is InChI=1S/C31H46N2O7/c1-6-33-17-28(40-27(34)18(2)10-8-7-9-13-32)12-11-24(38-4)30-22(28)15-20(25(30)33)29(35)16-21(37-3)19-14-23(30)31(29,36)26(19)39-5/h7-10,13,19-26,35-36H,6,11-12,14-17,32H2,1-5H3. The fraction of sp³-hybridized carbons (Fsp3) is 0.774. The van der Waals surface area contributed by atoms with E-state index in [1.165, 1.54) is 6.20 Å². The summed E-state index contributed by atoms with van der Waals surface area (Å²) in [5, 5.41) is 25.6. The van der Waals surface area contributed by atoms with Gasteiger partial charge in [-0.15, -0.1) is 0 Å². The quantitative estimate of drug-likeness (QED) is 0.233. The Balaban J connectivity index is 1.49. The number of likely N-dealkylation sites (tertiary alicyclic amines) is 1. The molecule has 1 saturated heterocycles. The monoisotopic (exact) mass is 558 g/mol. The van der Waals surface area contributed by atoms with Crippen molar-refractivity contribution in [2.24, 2.45) is 34.8 Å². The van der Waals surface area contributed by atoms with Crippen molar-refractivity contribution in [3.05, 3.63) is 36.1 Å². The predicted molar refractivity (Wildman–Crippen MR) is 148 cm³/mol. The molecule has 5 aliphatic carbocycles. The molecule has 1 spiro atoms. The van der Waals surface area contributed by atoms with Gasteiger partial charge in [0.1, 0.15) is 16.8 Å². The Hall–Kier alpha value is -1.75. The van der Waals surface area contributed by atoms with E-state index in [0.717, 1.165) is 13.0 Å². The van der Waals surface area contributed by atoms with Gasteiger partial charge in [-0.25, -0.2) is 4.79 Å². The number of nitrogens with zero attached hydrogens (tertiary/aromatic N) is 1. The number of fused-ring (bicyclic) bond motifs is 2. The zero-order chi connectivity index (χ0) is 28.7. The van der Waals surface area contributed by atoms with Gasteiger partial charge in [0.15, 0.2) is 0 Å². The van der Waals surface area contributed by atoms with Crippen molar-refractivity contribution in [3.8, 4) is 0 Å². The van der Waals surface area contributed by atoms with Gasteiger partial charge in [-0.1, -0.05) is 25.2 Å². The summed E-state index contributed by atoms with van der Waals surface area (Å²) in [5.41, 5.74) is 1.87. The van der Waals surface area contributed by atoms with E-state index in [2.05, 4.69) is 11.8 Å². The fourth-order valence-electron chi connectivity index (χ4n) is 11.1. The minimum atomic E-state index is -1.44. The van der Waals surface area contributed by atoms with E-state index in [1.807, 2.05) is 0 Å². The Labute approximate surface area is 237 Å². The molecule has 0 aromatic heterocycles. The third-order valence-corrected chi connectivity index (χ3v) is 12.2. The summed E-state index contributed by atoms with van der Waals surface area (Å²) in [6, 6.07) is 0.00402. The summed E-state index contributed by atoms with van der Waals surface area (Å²) in [4.78, 5) is 16.0. The number of hydrogen-bond acceptors (Lipinski definition) is 9. The number of aliphatic hydroxyl groups is 2. The number of rotatable bonds is 8. The van der Waals surface area contributed by atoms with Crippen molar-refractivity contribution in [1.82, 2.24) is 4.90 Å². The van der Waals surface area contributed by atoms with Gasteiger partial charge in [0.2, 0.25) is 0 Å². The van der Waals surface area contributed by atoms with E-state index >= 15 is 0 Å². The molecular formula is C31H46N2O7. The van der Waals surface area contributed by atoms with Gasteiger partial charge in [0.05, 0.1) is 18.3 Å². The molecule has 0 aromatic carbocycles. The number of allylic oxidation sites excluding steroid dienone is 4. The molecule has 6 rings (SSSR count). The molecule has 9 nitrogen and oxygen atoms in total. The summed E-state index contributed by atoms with van der Waals surface area (Å²) >= 11 is 0. The van der Waals surface area contributed by atoms with Crippen LogP contribution in [0, 0.1) is 29.1 Å². The fourth-order valence-corrected chi connectivity index (χ4v) is 11.1. The van der Waals surface area contributed by atoms with Crippen LogP contribution in [0.1, 0.15) is 46.0 Å². The Morgan fingerprint density at radius 2 is 1.85 bits per heavy atom. The van der Waals surface area contributed by atoms with Gasteiger partial charge < -0.3 is 34.9 Å². The SMILES string of the molecule is CCN1CC2(OC(=O)C(C)=CC=CC=CN)CCC(OC)C34C1C(CC23)C1(O)CC(OC)C2CC4C1(O)C2OC. The molecule has 0 radical (unpaired) electrons. The van der Waals surface area contributed by atoms with Crippen molar-refractivity contribution in [2.45, 2.75) is 87.1 Å². The number of piperidine rings is 1. The molecule has 222 valence electrons. The Morgan fingerprint density at radius 1 is 1.07 bits per heavy atom. The maximum absolute atomic E-state index is 13.6. The number of hydrogen-bond donors (Lipinski definition) is 3. The number of esters is 1. The van der Waals surface area contributed by atoms with Crippen LogP contribution in [0.25, 0.3) is 0 Å². The average molecular weight is 559 g/mol. The molecule has 6 fully saturated rings. The van der Waals surface area contributed by atoms with Crippen molar-refractivity contribution in [1.29, 1.82) is 0 Å². The zero-order valence-electron chi connectivity index (χ0n) is 24.4. The molecule has 9 heteroatoms. The highest BCUT2D eigenvalue weighted by molar-refractivity contribution is 5.88. The summed E-state index contributed by atoms with van der Waals surface area (Å²) < 4.78 is 24.9. The van der Waals surface area contributed by atoms with Crippen molar-refractivity contribution in [3.63, 3.8) is 0 Å². The molecule has 1 aliphatic heterocycles. The van der Waals surface area contributed by atoms with Gasteiger partial charge in [-0.05, 0) is 51.4 Å². The first-order valence-corrected chi connectivity index (χ1v) is 14.9. The number of nitrogens with two attached hydrogens (primary N) is 1. The average Bonchev–Trinajstić information content (AvgIpc) is 3.37. The highest BCUT2D eigenvalue weighted by Crippen LogP contribution is 2.79. The summed E-state index contributed by atoms with van der Waals surface area (Å²) in [5.74, 6) is -0.934. The van der Waals surface area contributed by atoms with E-state index < -0.39 is 28.3 Å². The minimum absolute atomic E-state index is 0.00402. The Morgan fingerprint density at radius 3 is 2.50 bits per heavy atom. The van der Waals surface area contributed by atoms with Crippen LogP contribution in [-0.2, 0) is 23.7 Å². The first-order chi connectivity index (χ1) is 19.1. The predicted octanol–water partition coefficient (Wildman–Crippen LogP) is 1.92. The highest BCUT2D eigenvalue weighted by atomic mass is 16.6. The van der Waals surface area contributed by atoms with Crippen LogP contribution in [0.3, 0.4) is 0 Å². The van der Waals surface area contributed by atoms with E-state index in [4.69, 9.17) is 24.7 Å². The van der Waals surface area contributed by atoms with Crippen LogP contribution >= 0.6 is 0 Å². The normalized spacial score (nSPS) is 51.1. The van der Waals surface area contributed by atoms with Gasteiger partial charge >= 0.3 is 5.97 Å². The van der Waals surface area contributed by atoms with Crippen LogP contribution in [0.5, 0.6) is 0 Å². The van der Waals surface area contributed by atoms with E-state index in [0.29, 0.717) is 37.8 Å². The molecule has 12 atom stereocenters. The third kappa shape index (κ3) is 3.22. The summed E-state index contributed by atoms with van der Waals surface area (Å²) in [7, 11) is 5.10. The Bertz CT molecular complexity index is 1120. The lowest BCUT2D eigenvalue weighted by Gasteiger charge is -2.70. The van der Waals surface area contributed by atoms with E-state index in [-0.39, 0.29) is 47.9 Å². The van der Waals surface area contributed by atoms with Crippen LogP contribution in [0.4, 0.5) is 0 Å². The van der Waals surface area contributed by atoms with E-state index in [1.54, 1.807) is 52.6 Å². The molecule has 40 heavy (non-hydrogen) atoms. The first-order valence-electron chi connectivity index (χ1n) is 14.9. The van der Waals surface area contributed by atoms with Gasteiger partial charge in [0.25, 0.3) is 0 Å². The van der Waals surface area contributed by atoms with Crippen LogP contribution in [0.15, 0.2) is 36.1 Å². The largest absolute Gasteiger partial charge is 0.454 e. The van der Waals surface area contributed by atoms with Crippen molar-refractivity contribution in [2.75, 3.05) is 34.4 Å². The summed E-state index contributed by atoms with van der Waals surface area (Å²) in [6.07, 6.45) is 10.7. The molecule has 6 aliphatic rings. The lowest BCUT2D eigenvalue weighted by atomic mass is 9.44. The molecule has 0 aromatic rings. The number of carbonyl (C=O) groups excluding carboxylic acids is 1. The highest BCUT2D eigenvalue weighted by Gasteiger charge is 2.89. The lowest BCUT2D eigenvalue weighted by molar-refractivity contribution is -0.338. The number of likely N-dealkylation sites (N-methyl/N-ethyl adjacent to an activating group) is 1. The van der Waals surface area contributed by atoms with Gasteiger partial charge in [0, 0.05) is 75.0 Å². The smallest absolute Gasteiger partial charge is 0.334 e. The number of methoxy groups -OCH3 is 3. The second kappa shape index (κ2) is 9.64. The van der Waals surface area contributed by atoms with Crippen molar-refractivity contribution >= 4 is 5.97 Å². The van der Waals surface area contributed by atoms with Crippen LogP contribution < -0.4 is 5.73 Å². The molecule has 7 bridgehead atoms. The van der Waals surface area contributed by atoms with Crippen LogP contribution in [-0.4, -0.2) is 96.7 Å². The maximum Gasteiger partial charge on any atom is 0.334 e. The molecule has 1 heterocycles.